The van der Waals surface area contributed by atoms with Crippen molar-refractivity contribution < 1.29 is 59.7 Å². The van der Waals surface area contributed by atoms with Gasteiger partial charge in [0.2, 0.25) is 33.3 Å². The second-order valence-electron chi connectivity index (χ2n) is 17.0. The van der Waals surface area contributed by atoms with E-state index in [2.05, 4.69) is 20.3 Å². The van der Waals surface area contributed by atoms with Gasteiger partial charge in [0.05, 0.1) is 31.7 Å². The predicted octanol–water partition coefficient (Wildman–Crippen LogP) is 4.92. The van der Waals surface area contributed by atoms with Crippen LogP contribution in [0.15, 0.2) is 36.5 Å². The third-order valence-corrected chi connectivity index (χ3v) is 14.3. The van der Waals surface area contributed by atoms with Crippen LogP contribution < -0.4 is 29.6 Å². The first-order valence-corrected chi connectivity index (χ1v) is 21.1. The van der Waals surface area contributed by atoms with Gasteiger partial charge in [-0.15, -0.1) is 0 Å². The molecule has 0 bridgehead atoms. The smallest absolute Gasteiger partial charge is 0.427 e. The molecule has 15 nitrogen and oxygen atoms in total. The maximum Gasteiger partial charge on any atom is 0.427 e. The lowest BCUT2D eigenvalue weighted by Gasteiger charge is -2.33. The van der Waals surface area contributed by atoms with Crippen LogP contribution in [0.3, 0.4) is 0 Å². The van der Waals surface area contributed by atoms with E-state index in [0.717, 1.165) is 0 Å². The Morgan fingerprint density at radius 2 is 1.75 bits per heavy atom. The van der Waals surface area contributed by atoms with E-state index in [1.807, 2.05) is 13.0 Å². The number of rotatable bonds is 9. The maximum absolute atomic E-state index is 14.7. The summed E-state index contributed by atoms with van der Waals surface area (Å²) in [7, 11) is -1.11. The fourth-order valence-corrected chi connectivity index (χ4v) is 8.89. The van der Waals surface area contributed by atoms with Crippen LogP contribution in [-0.2, 0) is 29.1 Å². The van der Waals surface area contributed by atoms with Crippen molar-refractivity contribution >= 4 is 44.6 Å². The van der Waals surface area contributed by atoms with Crippen LogP contribution in [0.4, 0.5) is 18.0 Å². The van der Waals surface area contributed by atoms with E-state index in [4.69, 9.17) is 18.9 Å². The molecule has 0 spiro atoms. The molecule has 2 aromatic rings. The Bertz CT molecular complexity index is 2130. The number of fused-ring (bicyclic) bond motifs is 3. The van der Waals surface area contributed by atoms with Crippen LogP contribution in [0, 0.1) is 17.8 Å². The molecule has 4 aliphatic rings. The molecule has 3 N–H and O–H groups in total. The lowest BCUT2D eigenvalue weighted by molar-refractivity contribution is -0.244. The van der Waals surface area contributed by atoms with Gasteiger partial charge in [-0.1, -0.05) is 32.4 Å². The summed E-state index contributed by atoms with van der Waals surface area (Å²) in [6.45, 7) is 6.28. The van der Waals surface area contributed by atoms with Gasteiger partial charge in [0.1, 0.15) is 35.2 Å². The second-order valence-corrected chi connectivity index (χ2v) is 19.2. The summed E-state index contributed by atoms with van der Waals surface area (Å²) in [5.41, 5.74) is -4.55. The molecule has 2 saturated carbocycles. The highest BCUT2D eigenvalue weighted by Gasteiger charge is 2.63. The summed E-state index contributed by atoms with van der Waals surface area (Å²) < 4.78 is 90.8. The number of carbonyl (C=O) groups excluding carboxylic acids is 4. The fraction of sp³-hybridized carbons (Fsp3) is 0.625. The van der Waals surface area contributed by atoms with Crippen molar-refractivity contribution in [2.45, 2.75) is 120 Å². The van der Waals surface area contributed by atoms with Gasteiger partial charge in [-0.2, -0.15) is 13.2 Å². The van der Waals surface area contributed by atoms with Crippen LogP contribution >= 0.6 is 0 Å². The SMILES string of the molecule is COc1ccc2c(OC3CC4C(=O)NC5(C(=O)NS(=O)(=O)C6(C)CC6)CC5C=CC(C)CCCC(C)C(NC(=O)OC(C)(C)C(F)(F)F)C(=O)N4C3)ncc(OC)c2c1. The number of methoxy groups -OCH3 is 2. The number of sulfonamides is 1. The number of hydrogen-bond donors (Lipinski definition) is 3. The number of pyridine rings is 1. The van der Waals surface area contributed by atoms with Crippen LogP contribution in [0.5, 0.6) is 17.4 Å². The third-order valence-electron chi connectivity index (χ3n) is 12.1. The molecule has 6 rings (SSSR count). The average Bonchev–Trinajstić information content (AvgIpc) is 4.05. The number of aromatic nitrogens is 1. The quantitative estimate of drug-likeness (QED) is 0.290. The van der Waals surface area contributed by atoms with Gasteiger partial charge < -0.3 is 34.5 Å². The van der Waals surface area contributed by atoms with Crippen molar-refractivity contribution in [3.8, 4) is 17.4 Å². The van der Waals surface area contributed by atoms with Crippen molar-refractivity contribution in [2.75, 3.05) is 20.8 Å². The molecule has 2 aliphatic heterocycles. The highest BCUT2D eigenvalue weighted by Crippen LogP contribution is 2.48. The Morgan fingerprint density at radius 3 is 2.39 bits per heavy atom. The summed E-state index contributed by atoms with van der Waals surface area (Å²) in [6, 6.07) is 2.34. The molecule has 3 heterocycles. The number of allylic oxidation sites excluding steroid dienone is 1. The number of amides is 4. The first-order chi connectivity index (χ1) is 27.5. The van der Waals surface area contributed by atoms with Gasteiger partial charge in [-0.05, 0) is 82.9 Å². The Kier molecular flexibility index (Phi) is 11.9. The number of nitrogens with zero attached hydrogens (tertiary/aromatic N) is 2. The molecule has 19 heteroatoms. The summed E-state index contributed by atoms with van der Waals surface area (Å²) in [4.78, 5) is 62.0. The third kappa shape index (κ3) is 8.89. The van der Waals surface area contributed by atoms with E-state index in [1.54, 1.807) is 31.2 Å². The number of alkyl carbamates (subject to hydrolysis) is 1. The highest BCUT2D eigenvalue weighted by molar-refractivity contribution is 7.91. The van der Waals surface area contributed by atoms with E-state index in [0.29, 0.717) is 68.2 Å². The fourth-order valence-electron chi connectivity index (χ4n) is 7.57. The van der Waals surface area contributed by atoms with Gasteiger partial charge in [0.25, 0.3) is 5.91 Å². The van der Waals surface area contributed by atoms with Crippen LogP contribution in [0.1, 0.15) is 79.6 Å². The zero-order chi connectivity index (χ0) is 43.3. The van der Waals surface area contributed by atoms with E-state index < -0.39 is 85.9 Å². The molecule has 3 fully saturated rings. The molecule has 4 amide bonds. The van der Waals surface area contributed by atoms with Crippen molar-refractivity contribution in [3.05, 3.63) is 36.5 Å². The van der Waals surface area contributed by atoms with Gasteiger partial charge in [0, 0.05) is 23.1 Å². The number of nitrogens with one attached hydrogen (secondary N) is 3. The molecule has 7 unspecified atom stereocenters. The van der Waals surface area contributed by atoms with E-state index >= 15 is 0 Å². The van der Waals surface area contributed by atoms with Gasteiger partial charge in [-0.3, -0.25) is 19.1 Å². The second kappa shape index (κ2) is 16.0. The van der Waals surface area contributed by atoms with Crippen molar-refractivity contribution in [2.24, 2.45) is 17.8 Å². The summed E-state index contributed by atoms with van der Waals surface area (Å²) in [6.07, 6.45) is 0.0309. The molecule has 7 atom stereocenters. The molecule has 2 aliphatic carbocycles. The largest absolute Gasteiger partial charge is 0.497 e. The average molecular weight is 852 g/mol. The minimum atomic E-state index is -4.92. The Morgan fingerprint density at radius 1 is 1.03 bits per heavy atom. The molecule has 1 aromatic heterocycles. The number of benzene rings is 1. The van der Waals surface area contributed by atoms with E-state index in [9.17, 15) is 40.8 Å². The number of alkyl halides is 3. The molecule has 324 valence electrons. The van der Waals surface area contributed by atoms with E-state index in [1.165, 1.54) is 32.2 Å². The highest BCUT2D eigenvalue weighted by atomic mass is 32.2. The van der Waals surface area contributed by atoms with Crippen molar-refractivity contribution in [3.63, 3.8) is 0 Å². The number of halogens is 3. The van der Waals surface area contributed by atoms with Crippen molar-refractivity contribution in [1.82, 2.24) is 25.2 Å². The Hall–Kier alpha value is -4.81. The molecule has 0 radical (unpaired) electrons. The number of ether oxygens (including phenoxy) is 4. The molecule has 1 saturated heterocycles. The molecular formula is C40H52F3N5O10S. The van der Waals surface area contributed by atoms with Gasteiger partial charge in [-0.25, -0.2) is 18.2 Å². The maximum atomic E-state index is 14.7. The van der Waals surface area contributed by atoms with Crippen LogP contribution in [-0.4, -0.2) is 103 Å². The first kappa shape index (κ1) is 43.8. The molecule has 1 aromatic carbocycles. The van der Waals surface area contributed by atoms with E-state index in [-0.39, 0.29) is 31.2 Å². The lowest BCUT2D eigenvalue weighted by Crippen LogP contribution is -2.59. The normalized spacial score (nSPS) is 28.5. The Labute approximate surface area is 341 Å². The minimum absolute atomic E-state index is 0.0390. The standard InChI is InChI=1S/C40H52F3N5O10S/c1-22-9-8-10-23(2)31(45-36(52)58-37(3,4)40(41,42)43)34(50)48-21-26(57-33-27-14-13-25(55-6)17-28(27)30(56-7)20-44-33)18-29(48)32(49)46-39(19-24(39)12-11-22)35(51)47-59(53,54)38(5)15-16-38/h11-14,17,20,22-24,26,29,31H,8-10,15-16,18-19,21H2,1-7H3,(H,45,52)(H,46,49)(H,47,51). The summed E-state index contributed by atoms with van der Waals surface area (Å²) in [5.74, 6) is -2.64. The van der Waals surface area contributed by atoms with Crippen LogP contribution in [0.2, 0.25) is 0 Å². The zero-order valence-electron chi connectivity index (χ0n) is 34.1. The first-order valence-electron chi connectivity index (χ1n) is 19.7. The van der Waals surface area contributed by atoms with Crippen LogP contribution in [0.25, 0.3) is 10.8 Å². The van der Waals surface area contributed by atoms with Gasteiger partial charge in [0.15, 0.2) is 0 Å². The summed E-state index contributed by atoms with van der Waals surface area (Å²) in [5, 5.41) is 6.29. The monoisotopic (exact) mass is 851 g/mol. The topological polar surface area (TPSA) is 192 Å². The van der Waals surface area contributed by atoms with Crippen molar-refractivity contribution in [1.29, 1.82) is 0 Å². The van der Waals surface area contributed by atoms with Gasteiger partial charge >= 0.3 is 12.3 Å². The predicted molar refractivity (Wildman–Crippen MR) is 208 cm³/mol. The number of carbonyl (C=O) groups is 4. The Balaban J connectivity index is 1.36. The summed E-state index contributed by atoms with van der Waals surface area (Å²) >= 11 is 0. The minimum Gasteiger partial charge on any atom is -0.497 e. The number of hydrogen-bond acceptors (Lipinski definition) is 11. The zero-order valence-corrected chi connectivity index (χ0v) is 34.9. The lowest BCUT2D eigenvalue weighted by atomic mass is 9.92. The molecular weight excluding hydrogens is 800 g/mol. The molecule has 59 heavy (non-hydrogen) atoms.